The zero-order valence-corrected chi connectivity index (χ0v) is 12.1. The van der Waals surface area contributed by atoms with Crippen molar-refractivity contribution in [3.8, 4) is 0 Å². The van der Waals surface area contributed by atoms with Crippen molar-refractivity contribution >= 4 is 24.4 Å². The molecular weight excluding hydrogens is 220 g/mol. The van der Waals surface area contributed by atoms with Gasteiger partial charge in [-0.1, -0.05) is 45.4 Å². The molecule has 0 unspecified atom stereocenters. The van der Waals surface area contributed by atoms with Crippen molar-refractivity contribution in [1.29, 1.82) is 0 Å². The molecule has 0 N–H and O–H groups in total. The minimum Gasteiger partial charge on any atom is -0.179 e. The van der Waals surface area contributed by atoms with E-state index in [0.29, 0.717) is 0 Å². The van der Waals surface area contributed by atoms with Crippen LogP contribution in [0.1, 0.15) is 64.7 Å². The second-order valence-electron chi connectivity index (χ2n) is 4.16. The second-order valence-corrected chi connectivity index (χ2v) is 5.84. The summed E-state index contributed by atoms with van der Waals surface area (Å²) >= 11 is 6.37. The van der Waals surface area contributed by atoms with Crippen molar-refractivity contribution < 1.29 is 0 Å². The average Bonchev–Trinajstić information content (AvgIpc) is 2.26. The Bertz CT molecular complexity index is 92.7. The first-order valence-electron chi connectivity index (χ1n) is 6.60. The molecule has 0 aliphatic rings. The van der Waals surface area contributed by atoms with E-state index >= 15 is 0 Å². The average molecular weight is 249 g/mol. The van der Waals surface area contributed by atoms with Crippen LogP contribution in [-0.4, -0.2) is 17.3 Å². The SMILES string of the molecule is CCCCCCSCCCCCCCS. The molecule has 92 valence electrons. The maximum atomic E-state index is 4.22. The Kier molecular flexibility index (Phi) is 15.4. The van der Waals surface area contributed by atoms with Crippen molar-refractivity contribution in [3.63, 3.8) is 0 Å². The van der Waals surface area contributed by atoms with Crippen LogP contribution in [0.4, 0.5) is 0 Å². The number of thiol groups is 1. The van der Waals surface area contributed by atoms with Crippen LogP contribution in [-0.2, 0) is 0 Å². The number of hydrogen-bond acceptors (Lipinski definition) is 2. The smallest absolute Gasteiger partial charge is 0.00675 e. The zero-order valence-electron chi connectivity index (χ0n) is 10.3. The van der Waals surface area contributed by atoms with E-state index in [1.807, 2.05) is 0 Å². The summed E-state index contributed by atoms with van der Waals surface area (Å²) in [5, 5.41) is 0. The topological polar surface area (TPSA) is 0 Å². The third-order valence-electron chi connectivity index (χ3n) is 2.59. The lowest BCUT2D eigenvalue weighted by molar-refractivity contribution is 0.662. The fourth-order valence-electron chi connectivity index (χ4n) is 1.58. The molecule has 0 aromatic rings. The quantitative estimate of drug-likeness (QED) is 0.367. The highest BCUT2D eigenvalue weighted by Crippen LogP contribution is 2.11. The van der Waals surface area contributed by atoms with Gasteiger partial charge in [0.15, 0.2) is 0 Å². The van der Waals surface area contributed by atoms with E-state index in [4.69, 9.17) is 0 Å². The molecule has 0 aromatic carbocycles. The molecule has 2 heteroatoms. The molecule has 0 rings (SSSR count). The van der Waals surface area contributed by atoms with Gasteiger partial charge in [0.25, 0.3) is 0 Å². The maximum absolute atomic E-state index is 4.22. The van der Waals surface area contributed by atoms with Crippen molar-refractivity contribution in [2.24, 2.45) is 0 Å². The predicted octanol–water partition coefficient (Wildman–Crippen LogP) is 5.18. The van der Waals surface area contributed by atoms with Gasteiger partial charge < -0.3 is 0 Å². The highest BCUT2D eigenvalue weighted by Gasteiger charge is 1.92. The largest absolute Gasteiger partial charge is 0.179 e. The van der Waals surface area contributed by atoms with Gasteiger partial charge in [0, 0.05) is 0 Å². The van der Waals surface area contributed by atoms with Gasteiger partial charge in [-0.2, -0.15) is 24.4 Å². The van der Waals surface area contributed by atoms with Crippen LogP contribution in [0, 0.1) is 0 Å². The summed E-state index contributed by atoms with van der Waals surface area (Å²) in [7, 11) is 0. The predicted molar refractivity (Wildman–Crippen MR) is 78.4 cm³/mol. The van der Waals surface area contributed by atoms with E-state index in [9.17, 15) is 0 Å². The molecule has 0 saturated heterocycles. The summed E-state index contributed by atoms with van der Waals surface area (Å²) in [4.78, 5) is 0. The zero-order chi connectivity index (χ0) is 11.2. The molecule has 0 amide bonds. The lowest BCUT2D eigenvalue weighted by atomic mass is 10.2. The first kappa shape index (κ1) is 15.7. The highest BCUT2D eigenvalue weighted by molar-refractivity contribution is 7.99. The first-order valence-corrected chi connectivity index (χ1v) is 8.39. The highest BCUT2D eigenvalue weighted by atomic mass is 32.2. The van der Waals surface area contributed by atoms with Gasteiger partial charge in [-0.05, 0) is 36.5 Å². The molecule has 0 atom stereocenters. The van der Waals surface area contributed by atoms with Crippen LogP contribution in [0.2, 0.25) is 0 Å². The van der Waals surface area contributed by atoms with Crippen LogP contribution in [0.3, 0.4) is 0 Å². The minimum atomic E-state index is 1.06. The van der Waals surface area contributed by atoms with E-state index < -0.39 is 0 Å². The molecule has 0 nitrogen and oxygen atoms in total. The summed E-state index contributed by atoms with van der Waals surface area (Å²) < 4.78 is 0. The third-order valence-corrected chi connectivity index (χ3v) is 4.06. The molecule has 0 aliphatic carbocycles. The number of unbranched alkanes of at least 4 members (excludes halogenated alkanes) is 7. The molecule has 0 saturated carbocycles. The van der Waals surface area contributed by atoms with Crippen molar-refractivity contribution in [3.05, 3.63) is 0 Å². The van der Waals surface area contributed by atoms with E-state index in [1.54, 1.807) is 0 Å². The standard InChI is InChI=1S/C13H28S2/c1-2-3-4-9-12-15-13-10-7-5-6-8-11-14/h14H,2-13H2,1H3. The van der Waals surface area contributed by atoms with Crippen molar-refractivity contribution in [1.82, 2.24) is 0 Å². The van der Waals surface area contributed by atoms with Crippen LogP contribution in [0.25, 0.3) is 0 Å². The number of hydrogen-bond donors (Lipinski definition) is 1. The third kappa shape index (κ3) is 14.7. The van der Waals surface area contributed by atoms with Gasteiger partial charge in [-0.15, -0.1) is 0 Å². The lowest BCUT2D eigenvalue weighted by Gasteiger charge is -2.01. The Balaban J connectivity index is 2.81. The van der Waals surface area contributed by atoms with Gasteiger partial charge in [-0.3, -0.25) is 0 Å². The molecule has 0 fully saturated rings. The summed E-state index contributed by atoms with van der Waals surface area (Å²) in [6, 6.07) is 0. The van der Waals surface area contributed by atoms with Gasteiger partial charge in [0.05, 0.1) is 0 Å². The summed E-state index contributed by atoms with van der Waals surface area (Å²) in [6.45, 7) is 2.28. The van der Waals surface area contributed by atoms with Crippen LogP contribution < -0.4 is 0 Å². The first-order chi connectivity index (χ1) is 7.41. The van der Waals surface area contributed by atoms with E-state index in [2.05, 4.69) is 31.3 Å². The Morgan fingerprint density at radius 1 is 0.733 bits per heavy atom. The number of thioether (sulfide) groups is 1. The molecule has 0 heterocycles. The Morgan fingerprint density at radius 2 is 1.27 bits per heavy atom. The van der Waals surface area contributed by atoms with Crippen molar-refractivity contribution in [2.45, 2.75) is 64.7 Å². The summed E-state index contributed by atoms with van der Waals surface area (Å²) in [5.41, 5.74) is 0. The fourth-order valence-corrected chi connectivity index (χ4v) is 2.82. The van der Waals surface area contributed by atoms with E-state index in [0.717, 1.165) is 5.75 Å². The van der Waals surface area contributed by atoms with Gasteiger partial charge in [0.1, 0.15) is 0 Å². The Morgan fingerprint density at radius 3 is 1.87 bits per heavy atom. The van der Waals surface area contributed by atoms with Gasteiger partial charge in [0.2, 0.25) is 0 Å². The summed E-state index contributed by atoms with van der Waals surface area (Å²) in [6.07, 6.45) is 12.6. The Hall–Kier alpha value is 0.700. The lowest BCUT2D eigenvalue weighted by Crippen LogP contribution is -1.86. The normalized spacial score (nSPS) is 10.8. The molecule has 0 aromatic heterocycles. The van der Waals surface area contributed by atoms with E-state index in [-0.39, 0.29) is 0 Å². The minimum absolute atomic E-state index is 1.06. The van der Waals surface area contributed by atoms with Crippen molar-refractivity contribution in [2.75, 3.05) is 17.3 Å². The van der Waals surface area contributed by atoms with Crippen LogP contribution in [0.5, 0.6) is 0 Å². The number of rotatable bonds is 12. The van der Waals surface area contributed by atoms with E-state index in [1.165, 1.54) is 69.3 Å². The summed E-state index contributed by atoms with van der Waals surface area (Å²) in [5.74, 6) is 3.83. The second kappa shape index (κ2) is 14.7. The van der Waals surface area contributed by atoms with Crippen LogP contribution in [0.15, 0.2) is 0 Å². The molecule has 0 aliphatic heterocycles. The fraction of sp³-hybridized carbons (Fsp3) is 1.00. The molecule has 0 spiro atoms. The van der Waals surface area contributed by atoms with Gasteiger partial charge in [-0.25, -0.2) is 0 Å². The molecular formula is C13H28S2. The monoisotopic (exact) mass is 248 g/mol. The van der Waals surface area contributed by atoms with Gasteiger partial charge >= 0.3 is 0 Å². The maximum Gasteiger partial charge on any atom is -0.00675 e. The molecule has 0 bridgehead atoms. The molecule has 0 radical (unpaired) electrons. The van der Waals surface area contributed by atoms with Crippen LogP contribution >= 0.6 is 24.4 Å². The Labute approximate surface area is 106 Å². The molecule has 15 heavy (non-hydrogen) atoms.